The summed E-state index contributed by atoms with van der Waals surface area (Å²) in [5, 5.41) is 14.1. The summed E-state index contributed by atoms with van der Waals surface area (Å²) in [7, 11) is 0. The van der Waals surface area contributed by atoms with Crippen LogP contribution in [0.15, 0.2) is 29.2 Å². The fourth-order valence-corrected chi connectivity index (χ4v) is 3.57. The summed E-state index contributed by atoms with van der Waals surface area (Å²) in [5.74, 6) is 1.06. The van der Waals surface area contributed by atoms with E-state index in [0.717, 1.165) is 30.0 Å². The van der Waals surface area contributed by atoms with E-state index in [1.165, 1.54) is 17.7 Å². The Labute approximate surface area is 131 Å². The summed E-state index contributed by atoms with van der Waals surface area (Å²) in [5.41, 5.74) is -0.0734. The van der Waals surface area contributed by atoms with Crippen molar-refractivity contribution in [2.75, 3.05) is 12.4 Å². The van der Waals surface area contributed by atoms with E-state index in [1.807, 2.05) is 30.0 Å². The lowest BCUT2D eigenvalue weighted by Gasteiger charge is -2.32. The molecule has 1 atom stereocenters. The summed E-state index contributed by atoms with van der Waals surface area (Å²) in [6.07, 6.45) is 5.65. The quantitative estimate of drug-likeness (QED) is 0.531. The van der Waals surface area contributed by atoms with Crippen molar-refractivity contribution in [3.8, 4) is 0 Å². The molecule has 1 aromatic rings. The summed E-state index contributed by atoms with van der Waals surface area (Å²) < 4.78 is 0. The highest BCUT2D eigenvalue weighted by atomic mass is 35.5. The van der Waals surface area contributed by atoms with Gasteiger partial charge in [0.25, 0.3) is 0 Å². The zero-order valence-electron chi connectivity index (χ0n) is 12.1. The van der Waals surface area contributed by atoms with Gasteiger partial charge in [0, 0.05) is 21.5 Å². The number of rotatable bonds is 9. The van der Waals surface area contributed by atoms with E-state index in [1.54, 1.807) is 0 Å². The molecular weight excluding hydrogens is 290 g/mol. The van der Waals surface area contributed by atoms with Crippen LogP contribution in [-0.4, -0.2) is 29.0 Å². The maximum absolute atomic E-state index is 9.72. The maximum atomic E-state index is 9.72. The van der Waals surface area contributed by atoms with Gasteiger partial charge in [-0.3, -0.25) is 0 Å². The Bertz CT molecular complexity index is 419. The molecule has 1 unspecified atom stereocenters. The van der Waals surface area contributed by atoms with Crippen molar-refractivity contribution in [3.05, 3.63) is 29.3 Å². The lowest BCUT2D eigenvalue weighted by molar-refractivity contribution is 0.144. The number of halogens is 1. The molecule has 2 N–H and O–H groups in total. The van der Waals surface area contributed by atoms with Crippen LogP contribution in [0.4, 0.5) is 0 Å². The molecule has 1 saturated carbocycles. The van der Waals surface area contributed by atoms with E-state index >= 15 is 0 Å². The molecule has 1 aromatic carbocycles. The number of hydrogen-bond donors (Lipinski definition) is 2. The Kier molecular flexibility index (Phi) is 6.21. The summed E-state index contributed by atoms with van der Waals surface area (Å²) in [4.78, 5) is 1.22. The van der Waals surface area contributed by atoms with E-state index in [9.17, 15) is 5.11 Å². The predicted molar refractivity (Wildman–Crippen MR) is 87.7 cm³/mol. The van der Waals surface area contributed by atoms with E-state index in [2.05, 4.69) is 18.3 Å². The lowest BCUT2D eigenvalue weighted by Crippen LogP contribution is -2.49. The second-order valence-corrected chi connectivity index (χ2v) is 7.22. The summed E-state index contributed by atoms with van der Waals surface area (Å²) in [6.45, 7) is 2.40. The summed E-state index contributed by atoms with van der Waals surface area (Å²) >= 11 is 7.82. The van der Waals surface area contributed by atoms with E-state index < -0.39 is 0 Å². The van der Waals surface area contributed by atoms with Gasteiger partial charge in [0.2, 0.25) is 0 Å². The highest BCUT2D eigenvalue weighted by Crippen LogP contribution is 2.28. The van der Waals surface area contributed by atoms with Gasteiger partial charge in [-0.25, -0.2) is 0 Å². The first-order chi connectivity index (χ1) is 9.67. The highest BCUT2D eigenvalue weighted by molar-refractivity contribution is 7.99. The fraction of sp³-hybridized carbons (Fsp3) is 0.625. The Morgan fingerprint density at radius 1 is 1.45 bits per heavy atom. The minimum Gasteiger partial charge on any atom is -0.394 e. The van der Waals surface area contributed by atoms with Crippen LogP contribution in [-0.2, 0) is 0 Å². The van der Waals surface area contributed by atoms with Crippen LogP contribution < -0.4 is 5.32 Å². The Morgan fingerprint density at radius 2 is 2.25 bits per heavy atom. The molecule has 0 aliphatic heterocycles. The van der Waals surface area contributed by atoms with Crippen molar-refractivity contribution >= 4 is 23.4 Å². The Hall–Kier alpha value is -0.220. The van der Waals surface area contributed by atoms with Gasteiger partial charge in [-0.1, -0.05) is 24.6 Å². The van der Waals surface area contributed by atoms with Crippen molar-refractivity contribution < 1.29 is 5.11 Å². The Morgan fingerprint density at radius 3 is 2.85 bits per heavy atom. The smallest absolute Gasteiger partial charge is 0.0613 e. The third kappa shape index (κ3) is 4.96. The van der Waals surface area contributed by atoms with Crippen molar-refractivity contribution in [1.82, 2.24) is 5.32 Å². The third-order valence-electron chi connectivity index (χ3n) is 3.93. The van der Waals surface area contributed by atoms with Gasteiger partial charge in [0.15, 0.2) is 0 Å². The average molecular weight is 314 g/mol. The van der Waals surface area contributed by atoms with Gasteiger partial charge < -0.3 is 10.4 Å². The molecule has 1 aliphatic carbocycles. The second-order valence-electron chi connectivity index (χ2n) is 5.62. The van der Waals surface area contributed by atoms with Gasteiger partial charge in [0.05, 0.1) is 6.61 Å². The van der Waals surface area contributed by atoms with Crippen LogP contribution in [0, 0.1) is 0 Å². The van der Waals surface area contributed by atoms with Crippen LogP contribution >= 0.6 is 23.4 Å². The molecule has 2 nitrogen and oxygen atoms in total. The number of benzene rings is 1. The van der Waals surface area contributed by atoms with Crippen molar-refractivity contribution in [3.63, 3.8) is 0 Å². The minimum absolute atomic E-state index is 0.0734. The average Bonchev–Trinajstić information content (AvgIpc) is 3.26. The molecule has 1 fully saturated rings. The van der Waals surface area contributed by atoms with E-state index in [4.69, 9.17) is 11.6 Å². The molecular formula is C16H24ClNOS. The Balaban J connectivity index is 1.75. The zero-order chi connectivity index (χ0) is 14.4. The molecule has 2 rings (SSSR count). The fourth-order valence-electron chi connectivity index (χ4n) is 2.41. The van der Waals surface area contributed by atoms with Gasteiger partial charge in [-0.05, 0) is 56.1 Å². The minimum atomic E-state index is -0.0734. The van der Waals surface area contributed by atoms with Crippen LogP contribution in [0.5, 0.6) is 0 Å². The van der Waals surface area contributed by atoms with Crippen molar-refractivity contribution in [1.29, 1.82) is 0 Å². The van der Waals surface area contributed by atoms with Gasteiger partial charge in [-0.2, -0.15) is 0 Å². The lowest BCUT2D eigenvalue weighted by atomic mass is 9.91. The molecule has 112 valence electrons. The van der Waals surface area contributed by atoms with Crippen LogP contribution in [0.3, 0.4) is 0 Å². The first-order valence-electron chi connectivity index (χ1n) is 7.44. The number of aliphatic hydroxyl groups is 1. The van der Waals surface area contributed by atoms with Crippen LogP contribution in [0.1, 0.15) is 39.0 Å². The molecule has 1 aliphatic rings. The van der Waals surface area contributed by atoms with Crippen LogP contribution in [0.25, 0.3) is 0 Å². The maximum Gasteiger partial charge on any atom is 0.0613 e. The molecule has 4 heteroatoms. The number of nitrogens with one attached hydrogen (secondary N) is 1. The molecule has 0 radical (unpaired) electrons. The molecule has 0 saturated heterocycles. The number of hydrogen-bond acceptors (Lipinski definition) is 3. The standard InChI is InChI=1S/C16H24ClNOS/c1-2-16(12-19,18-14-7-8-14)9-4-10-20-15-6-3-5-13(17)11-15/h3,5-6,11,14,18-19H,2,4,7-10,12H2,1H3. The number of aliphatic hydroxyl groups excluding tert-OH is 1. The van der Waals surface area contributed by atoms with Crippen LogP contribution in [0.2, 0.25) is 5.02 Å². The first kappa shape index (κ1) is 16.2. The molecule has 0 amide bonds. The molecule has 0 heterocycles. The SMILES string of the molecule is CCC(CO)(CCCSc1cccc(Cl)c1)NC1CC1. The zero-order valence-corrected chi connectivity index (χ0v) is 13.6. The molecule has 20 heavy (non-hydrogen) atoms. The topological polar surface area (TPSA) is 32.3 Å². The second kappa shape index (κ2) is 7.69. The van der Waals surface area contributed by atoms with E-state index in [-0.39, 0.29) is 12.1 Å². The van der Waals surface area contributed by atoms with Crippen molar-refractivity contribution in [2.45, 2.75) is 55.5 Å². The molecule has 0 bridgehead atoms. The largest absolute Gasteiger partial charge is 0.394 e. The monoisotopic (exact) mass is 313 g/mol. The number of thioether (sulfide) groups is 1. The normalized spacial score (nSPS) is 17.9. The predicted octanol–water partition coefficient (Wildman–Crippen LogP) is 4.11. The first-order valence-corrected chi connectivity index (χ1v) is 8.81. The van der Waals surface area contributed by atoms with Gasteiger partial charge in [0.1, 0.15) is 0 Å². The van der Waals surface area contributed by atoms with Gasteiger partial charge in [-0.15, -0.1) is 11.8 Å². The highest BCUT2D eigenvalue weighted by Gasteiger charge is 2.33. The summed E-state index contributed by atoms with van der Waals surface area (Å²) in [6, 6.07) is 8.64. The molecule has 0 spiro atoms. The van der Waals surface area contributed by atoms with E-state index in [0.29, 0.717) is 6.04 Å². The van der Waals surface area contributed by atoms with Gasteiger partial charge >= 0.3 is 0 Å². The van der Waals surface area contributed by atoms with Crippen molar-refractivity contribution in [2.24, 2.45) is 0 Å². The third-order valence-corrected chi connectivity index (χ3v) is 5.25. The molecule has 0 aromatic heterocycles.